The Morgan fingerprint density at radius 1 is 0.914 bits per heavy atom. The molecule has 1 spiro atoms. The molecule has 4 aliphatic heterocycles. The Kier molecular flexibility index (Phi) is 5.83. The minimum atomic E-state index is -1.19. The Hall–Kier alpha value is -0.750. The number of rotatable bonds is 3. The van der Waals surface area contributed by atoms with Gasteiger partial charge in [0.05, 0.1) is 12.2 Å². The van der Waals surface area contributed by atoms with E-state index in [2.05, 4.69) is 27.7 Å². The van der Waals surface area contributed by atoms with Gasteiger partial charge in [-0.15, -0.1) is 0 Å². The highest BCUT2D eigenvalue weighted by Gasteiger charge is 2.71. The average Bonchev–Trinajstić information content (AvgIpc) is 2.85. The SMILES string of the molecule is CC1=C(CC[C@]2(C)[C@@H](C)CC[C@@H]3OC4(O)CCC32OC4(C)C)[C@]2(C)CCC(=O)C(C)(C)O[C@@H]2CC1. The molecule has 35 heavy (non-hydrogen) atoms. The van der Waals surface area contributed by atoms with E-state index in [1.807, 2.05) is 27.7 Å². The van der Waals surface area contributed by atoms with Crippen LogP contribution in [0.4, 0.5) is 0 Å². The topological polar surface area (TPSA) is 65.0 Å². The lowest BCUT2D eigenvalue weighted by molar-refractivity contribution is -0.468. The highest BCUT2D eigenvalue weighted by molar-refractivity contribution is 5.86. The fourth-order valence-electron chi connectivity index (χ4n) is 8.64. The molecule has 2 bridgehead atoms. The van der Waals surface area contributed by atoms with Crippen LogP contribution < -0.4 is 0 Å². The quantitative estimate of drug-likeness (QED) is 0.475. The molecule has 1 saturated carbocycles. The van der Waals surface area contributed by atoms with Crippen LogP contribution in [0.25, 0.3) is 0 Å². The third-order valence-electron chi connectivity index (χ3n) is 11.6. The average molecular weight is 489 g/mol. The van der Waals surface area contributed by atoms with Crippen LogP contribution in [0.3, 0.4) is 0 Å². The molecule has 5 heteroatoms. The molecule has 0 aromatic carbocycles. The molecule has 7 atom stereocenters. The number of aliphatic hydroxyl groups is 1. The van der Waals surface area contributed by atoms with E-state index in [0.29, 0.717) is 18.8 Å². The minimum absolute atomic E-state index is 0.0557. The Morgan fingerprint density at radius 3 is 2.31 bits per heavy atom. The fraction of sp³-hybridized carbons (Fsp3) is 0.900. The first-order valence-corrected chi connectivity index (χ1v) is 14.1. The molecule has 4 saturated heterocycles. The predicted octanol–water partition coefficient (Wildman–Crippen LogP) is 6.26. The van der Waals surface area contributed by atoms with Gasteiger partial charge in [-0.05, 0) is 91.9 Å². The maximum Gasteiger partial charge on any atom is 0.195 e. The first kappa shape index (κ1) is 25.9. The summed E-state index contributed by atoms with van der Waals surface area (Å²) < 4.78 is 20.0. The van der Waals surface area contributed by atoms with Crippen molar-refractivity contribution in [3.05, 3.63) is 11.1 Å². The molecule has 198 valence electrons. The lowest BCUT2D eigenvalue weighted by Crippen LogP contribution is -2.78. The van der Waals surface area contributed by atoms with Crippen LogP contribution in [0.5, 0.6) is 0 Å². The van der Waals surface area contributed by atoms with Crippen molar-refractivity contribution in [2.75, 3.05) is 0 Å². The number of ether oxygens (including phenoxy) is 3. The van der Waals surface area contributed by atoms with Gasteiger partial charge in [0.25, 0.3) is 0 Å². The van der Waals surface area contributed by atoms with Gasteiger partial charge in [0.1, 0.15) is 16.8 Å². The van der Waals surface area contributed by atoms with Crippen LogP contribution in [0.1, 0.15) is 120 Å². The largest absolute Gasteiger partial charge is 0.364 e. The van der Waals surface area contributed by atoms with Gasteiger partial charge in [-0.25, -0.2) is 0 Å². The number of hydrogen-bond donors (Lipinski definition) is 1. The van der Waals surface area contributed by atoms with Gasteiger partial charge >= 0.3 is 0 Å². The monoisotopic (exact) mass is 488 g/mol. The first-order valence-electron chi connectivity index (χ1n) is 14.1. The van der Waals surface area contributed by atoms with Crippen molar-refractivity contribution in [2.45, 2.75) is 154 Å². The lowest BCUT2D eigenvalue weighted by Gasteiger charge is -2.70. The Balaban J connectivity index is 1.46. The summed E-state index contributed by atoms with van der Waals surface area (Å²) in [4.78, 5) is 12.8. The van der Waals surface area contributed by atoms with Crippen LogP contribution in [-0.2, 0) is 19.0 Å². The molecule has 6 rings (SSSR count). The van der Waals surface area contributed by atoms with E-state index in [1.54, 1.807) is 0 Å². The van der Waals surface area contributed by atoms with Gasteiger partial charge in [-0.3, -0.25) is 4.79 Å². The van der Waals surface area contributed by atoms with Crippen LogP contribution in [-0.4, -0.2) is 45.7 Å². The Morgan fingerprint density at radius 2 is 1.63 bits per heavy atom. The summed E-state index contributed by atoms with van der Waals surface area (Å²) in [6.07, 6.45) is 9.05. The van der Waals surface area contributed by atoms with E-state index in [0.717, 1.165) is 51.4 Å². The van der Waals surface area contributed by atoms with Crippen molar-refractivity contribution in [3.63, 3.8) is 0 Å². The van der Waals surface area contributed by atoms with E-state index in [1.165, 1.54) is 11.1 Å². The summed E-state index contributed by atoms with van der Waals surface area (Å²) in [5, 5.41) is 11.2. The van der Waals surface area contributed by atoms with Crippen molar-refractivity contribution in [2.24, 2.45) is 16.7 Å². The zero-order valence-electron chi connectivity index (χ0n) is 23.4. The first-order chi connectivity index (χ1) is 16.1. The highest BCUT2D eigenvalue weighted by atomic mass is 16.7. The van der Waals surface area contributed by atoms with Crippen molar-refractivity contribution < 1.29 is 24.1 Å². The summed E-state index contributed by atoms with van der Waals surface area (Å²) in [6, 6.07) is 0. The normalized spacial score (nSPS) is 48.8. The second-order valence-electron chi connectivity index (χ2n) is 14.0. The lowest BCUT2D eigenvalue weighted by atomic mass is 9.51. The molecule has 5 nitrogen and oxygen atoms in total. The van der Waals surface area contributed by atoms with Crippen molar-refractivity contribution in [1.82, 2.24) is 0 Å². The number of carbonyl (C=O) groups is 1. The molecule has 2 unspecified atom stereocenters. The maximum absolute atomic E-state index is 12.8. The van der Waals surface area contributed by atoms with Gasteiger partial charge < -0.3 is 19.3 Å². The molecule has 4 heterocycles. The van der Waals surface area contributed by atoms with Gasteiger partial charge in [0, 0.05) is 23.7 Å². The molecule has 6 aliphatic rings. The van der Waals surface area contributed by atoms with E-state index < -0.39 is 17.0 Å². The minimum Gasteiger partial charge on any atom is -0.364 e. The summed E-state index contributed by atoms with van der Waals surface area (Å²) in [7, 11) is 0. The Bertz CT molecular complexity index is 935. The molecule has 1 N–H and O–H groups in total. The second-order valence-corrected chi connectivity index (χ2v) is 14.0. The van der Waals surface area contributed by atoms with Crippen molar-refractivity contribution in [3.8, 4) is 0 Å². The highest BCUT2D eigenvalue weighted by Crippen LogP contribution is 2.65. The van der Waals surface area contributed by atoms with Crippen LogP contribution >= 0.6 is 0 Å². The molecule has 5 fully saturated rings. The number of ketones is 1. The maximum atomic E-state index is 12.8. The van der Waals surface area contributed by atoms with E-state index in [4.69, 9.17) is 14.2 Å². The number of Topliss-reactive ketones (excluding diaryl/α,β-unsaturated/α-hetero) is 1. The number of hydrogen-bond acceptors (Lipinski definition) is 5. The molecular formula is C30H48O5. The molecule has 0 amide bonds. The number of carbonyl (C=O) groups excluding carboxylic acids is 1. The molecule has 0 radical (unpaired) electrons. The second kappa shape index (κ2) is 7.88. The van der Waals surface area contributed by atoms with Crippen LogP contribution in [0.2, 0.25) is 0 Å². The summed E-state index contributed by atoms with van der Waals surface area (Å²) >= 11 is 0. The van der Waals surface area contributed by atoms with Gasteiger partial charge in [-0.1, -0.05) is 31.9 Å². The van der Waals surface area contributed by atoms with E-state index >= 15 is 0 Å². The van der Waals surface area contributed by atoms with Crippen molar-refractivity contribution in [1.29, 1.82) is 0 Å². The molecule has 0 aromatic rings. The third kappa shape index (κ3) is 3.51. The van der Waals surface area contributed by atoms with Crippen LogP contribution in [0.15, 0.2) is 11.1 Å². The number of allylic oxidation sites excluding steroid dienone is 1. The standard InChI is InChI=1S/C30H48O5/c1-19-9-11-23-27(7,15-14-22(31)25(3,4)33-23)21(19)13-16-28(8)20(2)10-12-24-29(28)17-18-30(32,34-24)26(5,6)35-29/h20,23-24,32H,9-18H2,1-8H3/t20-,23+,24-,27-,28+,29?,30?/m0/s1. The summed E-state index contributed by atoms with van der Waals surface area (Å²) in [6.45, 7) is 17.3. The van der Waals surface area contributed by atoms with Gasteiger partial charge in [-0.2, -0.15) is 0 Å². The fourth-order valence-corrected chi connectivity index (χ4v) is 8.64. The van der Waals surface area contributed by atoms with Gasteiger partial charge in [0.15, 0.2) is 11.6 Å². The van der Waals surface area contributed by atoms with Gasteiger partial charge in [0.2, 0.25) is 0 Å². The zero-order valence-corrected chi connectivity index (χ0v) is 23.4. The molecular weight excluding hydrogens is 440 g/mol. The molecule has 2 aliphatic carbocycles. The Labute approximate surface area is 212 Å². The van der Waals surface area contributed by atoms with Crippen LogP contribution in [0, 0.1) is 16.7 Å². The van der Waals surface area contributed by atoms with E-state index in [9.17, 15) is 9.90 Å². The smallest absolute Gasteiger partial charge is 0.195 e. The van der Waals surface area contributed by atoms with E-state index in [-0.39, 0.29) is 34.4 Å². The predicted molar refractivity (Wildman–Crippen MR) is 136 cm³/mol. The zero-order chi connectivity index (χ0) is 25.7. The summed E-state index contributed by atoms with van der Waals surface area (Å²) in [5.41, 5.74) is 1.03. The summed E-state index contributed by atoms with van der Waals surface area (Å²) in [5.74, 6) is -0.466. The van der Waals surface area contributed by atoms with Crippen molar-refractivity contribution >= 4 is 5.78 Å². The molecule has 0 aromatic heterocycles. The third-order valence-corrected chi connectivity index (χ3v) is 11.6. The number of fused-ring (bicyclic) bond motifs is 3.